The van der Waals surface area contributed by atoms with Gasteiger partial charge in [-0.1, -0.05) is 13.8 Å². The van der Waals surface area contributed by atoms with Crippen LogP contribution in [0.3, 0.4) is 0 Å². The van der Waals surface area contributed by atoms with Crippen molar-refractivity contribution in [1.82, 2.24) is 10.2 Å². The van der Waals surface area contributed by atoms with Crippen molar-refractivity contribution in [3.63, 3.8) is 0 Å². The van der Waals surface area contributed by atoms with Crippen LogP contribution in [0.2, 0.25) is 0 Å². The smallest absolute Gasteiger partial charge is 0.139 e. The fourth-order valence-corrected chi connectivity index (χ4v) is 2.97. The van der Waals surface area contributed by atoms with Crippen molar-refractivity contribution in [2.45, 2.75) is 57.4 Å². The monoisotopic (exact) mass is 244 g/mol. The van der Waals surface area contributed by atoms with Gasteiger partial charge in [-0.25, -0.2) is 4.39 Å². The van der Waals surface area contributed by atoms with Gasteiger partial charge in [0, 0.05) is 37.8 Å². The zero-order valence-corrected chi connectivity index (χ0v) is 11.0. The van der Waals surface area contributed by atoms with Crippen molar-refractivity contribution in [2.75, 3.05) is 26.3 Å². The van der Waals surface area contributed by atoms with E-state index in [0.29, 0.717) is 12.1 Å². The Morgan fingerprint density at radius 3 is 2.53 bits per heavy atom. The maximum absolute atomic E-state index is 13.8. The van der Waals surface area contributed by atoms with Gasteiger partial charge in [-0.2, -0.15) is 0 Å². The van der Waals surface area contributed by atoms with Gasteiger partial charge in [0.2, 0.25) is 0 Å². The number of hydrogen-bond donors (Lipinski definition) is 1. The molecule has 1 N–H and O–H groups in total. The number of likely N-dealkylation sites (tertiary alicyclic amines) is 1. The number of rotatable bonds is 3. The quantitative estimate of drug-likeness (QED) is 0.815. The number of ether oxygens (including phenoxy) is 1. The minimum atomic E-state index is -0.793. The van der Waals surface area contributed by atoms with E-state index in [2.05, 4.69) is 24.1 Å². The second kappa shape index (κ2) is 6.12. The van der Waals surface area contributed by atoms with Crippen LogP contribution in [-0.2, 0) is 4.74 Å². The zero-order chi connectivity index (χ0) is 12.3. The average Bonchev–Trinajstić information content (AvgIpc) is 2.30. The molecule has 0 aromatic heterocycles. The van der Waals surface area contributed by atoms with Gasteiger partial charge in [0.15, 0.2) is 0 Å². The highest BCUT2D eigenvalue weighted by Crippen LogP contribution is 2.22. The summed E-state index contributed by atoms with van der Waals surface area (Å²) in [5.74, 6) is 0. The minimum Gasteiger partial charge on any atom is -0.378 e. The summed E-state index contributed by atoms with van der Waals surface area (Å²) in [4.78, 5) is 2.33. The Kier molecular flexibility index (Phi) is 4.77. The number of piperidine rings is 1. The van der Waals surface area contributed by atoms with Crippen LogP contribution < -0.4 is 5.32 Å². The van der Waals surface area contributed by atoms with Gasteiger partial charge in [0.25, 0.3) is 0 Å². The Balaban J connectivity index is 1.78. The van der Waals surface area contributed by atoms with E-state index in [1.807, 2.05) is 0 Å². The first-order valence-electron chi connectivity index (χ1n) is 6.88. The molecule has 4 heteroatoms. The van der Waals surface area contributed by atoms with Crippen LogP contribution in [-0.4, -0.2) is 55.5 Å². The summed E-state index contributed by atoms with van der Waals surface area (Å²) in [5.41, 5.74) is 0. The van der Waals surface area contributed by atoms with Crippen molar-refractivity contribution in [2.24, 2.45) is 0 Å². The lowest BCUT2D eigenvalue weighted by Crippen LogP contribution is -2.53. The van der Waals surface area contributed by atoms with Gasteiger partial charge in [-0.3, -0.25) is 4.90 Å². The molecule has 2 fully saturated rings. The molecule has 2 aliphatic rings. The lowest BCUT2D eigenvalue weighted by Gasteiger charge is -2.41. The molecule has 2 rings (SSSR count). The van der Waals surface area contributed by atoms with E-state index in [1.165, 1.54) is 0 Å². The van der Waals surface area contributed by atoms with E-state index >= 15 is 0 Å². The van der Waals surface area contributed by atoms with Gasteiger partial charge in [0.05, 0.1) is 6.61 Å². The lowest BCUT2D eigenvalue weighted by molar-refractivity contribution is -0.0347. The van der Waals surface area contributed by atoms with Crippen LogP contribution in [0.15, 0.2) is 0 Å². The van der Waals surface area contributed by atoms with Crippen LogP contribution in [0, 0.1) is 0 Å². The second-order valence-corrected chi connectivity index (χ2v) is 5.58. The molecule has 100 valence electrons. The summed E-state index contributed by atoms with van der Waals surface area (Å²) < 4.78 is 18.9. The Morgan fingerprint density at radius 2 is 1.94 bits per heavy atom. The third kappa shape index (κ3) is 3.63. The molecule has 0 radical (unpaired) electrons. The molecule has 0 unspecified atom stereocenters. The Bertz CT molecular complexity index is 229. The summed E-state index contributed by atoms with van der Waals surface area (Å²) in [6.07, 6.45) is 2.34. The zero-order valence-electron chi connectivity index (χ0n) is 11.0. The largest absolute Gasteiger partial charge is 0.378 e. The average molecular weight is 244 g/mol. The van der Waals surface area contributed by atoms with Gasteiger partial charge in [-0.15, -0.1) is 0 Å². The fourth-order valence-electron chi connectivity index (χ4n) is 2.97. The molecule has 0 spiro atoms. The van der Waals surface area contributed by atoms with Crippen molar-refractivity contribution in [3.8, 4) is 0 Å². The normalized spacial score (nSPS) is 33.2. The fraction of sp³-hybridized carbons (Fsp3) is 1.00. The van der Waals surface area contributed by atoms with E-state index in [1.54, 1.807) is 0 Å². The van der Waals surface area contributed by atoms with E-state index in [0.717, 1.165) is 39.0 Å². The molecule has 0 aromatic carbocycles. The number of alkyl halides is 1. The number of nitrogens with one attached hydrogen (secondary N) is 1. The maximum atomic E-state index is 13.8. The predicted molar refractivity (Wildman–Crippen MR) is 67.0 cm³/mol. The lowest BCUT2D eigenvalue weighted by atomic mass is 9.98. The molecule has 2 saturated heterocycles. The molecule has 3 nitrogen and oxygen atoms in total. The van der Waals surface area contributed by atoms with Gasteiger partial charge >= 0.3 is 0 Å². The Hall–Kier alpha value is -0.190. The summed E-state index contributed by atoms with van der Waals surface area (Å²) in [5, 5.41) is 3.57. The molecule has 0 amide bonds. The van der Waals surface area contributed by atoms with Gasteiger partial charge in [-0.05, 0) is 19.3 Å². The maximum Gasteiger partial charge on any atom is 0.139 e. The first-order chi connectivity index (χ1) is 8.16. The topological polar surface area (TPSA) is 24.5 Å². The molecule has 0 saturated carbocycles. The number of hydrogen-bond acceptors (Lipinski definition) is 3. The molecule has 17 heavy (non-hydrogen) atoms. The predicted octanol–water partition coefficient (Wildman–Crippen LogP) is 1.58. The van der Waals surface area contributed by atoms with Gasteiger partial charge < -0.3 is 10.1 Å². The highest BCUT2D eigenvalue weighted by molar-refractivity contribution is 4.87. The van der Waals surface area contributed by atoms with Crippen molar-refractivity contribution in [3.05, 3.63) is 0 Å². The number of halogens is 1. The number of nitrogens with zero attached hydrogens (tertiary/aromatic N) is 1. The highest BCUT2D eigenvalue weighted by Gasteiger charge is 2.32. The molecule has 2 heterocycles. The first kappa shape index (κ1) is 13.2. The summed E-state index contributed by atoms with van der Waals surface area (Å²) in [6.45, 7) is 7.42. The summed E-state index contributed by atoms with van der Waals surface area (Å²) >= 11 is 0. The van der Waals surface area contributed by atoms with E-state index in [9.17, 15) is 4.39 Å². The van der Waals surface area contributed by atoms with Crippen molar-refractivity contribution in [1.29, 1.82) is 0 Å². The minimum absolute atomic E-state index is 0.101. The van der Waals surface area contributed by atoms with Crippen molar-refractivity contribution >= 4 is 0 Å². The van der Waals surface area contributed by atoms with Crippen molar-refractivity contribution < 1.29 is 9.13 Å². The second-order valence-electron chi connectivity index (χ2n) is 5.58. The van der Waals surface area contributed by atoms with Gasteiger partial charge in [0.1, 0.15) is 6.17 Å². The Labute approximate surface area is 104 Å². The third-order valence-corrected chi connectivity index (χ3v) is 3.82. The highest BCUT2D eigenvalue weighted by atomic mass is 19.1. The molecule has 0 bridgehead atoms. The van der Waals surface area contributed by atoms with Crippen LogP contribution in [0.1, 0.15) is 33.1 Å². The summed E-state index contributed by atoms with van der Waals surface area (Å²) in [7, 11) is 0. The molecule has 0 aromatic rings. The molecular formula is C13H25FN2O. The standard InChI is InChI=1S/C13H25FN2O/c1-10(2)15-11-3-6-16(7-4-11)13-5-8-17-9-12(13)14/h10-13,15H,3-9H2,1-2H3/t12-,13+/m0/s1. The molecule has 2 aliphatic heterocycles. The van der Waals surface area contributed by atoms with E-state index < -0.39 is 6.17 Å². The molecule has 0 aliphatic carbocycles. The Morgan fingerprint density at radius 1 is 1.24 bits per heavy atom. The third-order valence-electron chi connectivity index (χ3n) is 3.82. The van der Waals surface area contributed by atoms with E-state index in [4.69, 9.17) is 4.74 Å². The van der Waals surface area contributed by atoms with Crippen LogP contribution in [0.4, 0.5) is 4.39 Å². The van der Waals surface area contributed by atoms with Crippen LogP contribution >= 0.6 is 0 Å². The molecule has 2 atom stereocenters. The molecular weight excluding hydrogens is 219 g/mol. The SMILES string of the molecule is CC(C)NC1CCN([C@@H]2CCOC[C@@H]2F)CC1. The van der Waals surface area contributed by atoms with E-state index in [-0.39, 0.29) is 12.6 Å². The summed E-state index contributed by atoms with van der Waals surface area (Å²) in [6, 6.07) is 1.26. The van der Waals surface area contributed by atoms with Crippen LogP contribution in [0.25, 0.3) is 0 Å². The van der Waals surface area contributed by atoms with Crippen LogP contribution in [0.5, 0.6) is 0 Å². The first-order valence-corrected chi connectivity index (χ1v) is 6.88.